The second-order valence-corrected chi connectivity index (χ2v) is 7.28. The molecule has 2 fully saturated rings. The van der Waals surface area contributed by atoms with Crippen LogP contribution in [0.15, 0.2) is 29.2 Å². The van der Waals surface area contributed by atoms with Crippen molar-refractivity contribution in [3.8, 4) is 11.5 Å². The summed E-state index contributed by atoms with van der Waals surface area (Å²) < 4.78 is 12.2. The van der Waals surface area contributed by atoms with Gasteiger partial charge in [0.25, 0.3) is 5.56 Å². The van der Waals surface area contributed by atoms with Crippen molar-refractivity contribution in [2.45, 2.75) is 37.9 Å². The molecule has 1 amide bonds. The lowest BCUT2D eigenvalue weighted by atomic mass is 10.1. The van der Waals surface area contributed by atoms with Gasteiger partial charge in [0.05, 0.1) is 19.6 Å². The van der Waals surface area contributed by atoms with Crippen LogP contribution in [-0.4, -0.2) is 54.8 Å². The lowest BCUT2D eigenvalue weighted by molar-refractivity contribution is -0.132. The highest BCUT2D eigenvalue weighted by Crippen LogP contribution is 2.33. The van der Waals surface area contributed by atoms with Crippen LogP contribution >= 0.6 is 0 Å². The summed E-state index contributed by atoms with van der Waals surface area (Å²) in [6.45, 7) is 1.53. The minimum absolute atomic E-state index is 0.00808. The van der Waals surface area contributed by atoms with Gasteiger partial charge in [-0.1, -0.05) is 0 Å². The second kappa shape index (κ2) is 7.23. The van der Waals surface area contributed by atoms with Gasteiger partial charge in [-0.15, -0.1) is 0 Å². The lowest BCUT2D eigenvalue weighted by Gasteiger charge is -2.24. The van der Waals surface area contributed by atoms with E-state index in [9.17, 15) is 9.59 Å². The van der Waals surface area contributed by atoms with Crippen LogP contribution < -0.4 is 20.3 Å². The van der Waals surface area contributed by atoms with E-state index in [-0.39, 0.29) is 18.0 Å². The van der Waals surface area contributed by atoms with Gasteiger partial charge in [0.2, 0.25) is 5.91 Å². The summed E-state index contributed by atoms with van der Waals surface area (Å²) in [4.78, 5) is 27.6. The third-order valence-electron chi connectivity index (χ3n) is 5.68. The lowest BCUT2D eigenvalue weighted by Crippen LogP contribution is -2.41. The minimum Gasteiger partial charge on any atom is -0.493 e. The highest BCUT2D eigenvalue weighted by molar-refractivity contribution is 5.90. The number of carbonyl (C=O) groups excluding carboxylic acids is 1. The first-order valence-electron chi connectivity index (χ1n) is 9.38. The van der Waals surface area contributed by atoms with Crippen LogP contribution in [0, 0.1) is 0 Å². The molecule has 1 N–H and O–H groups in total. The zero-order chi connectivity index (χ0) is 19.0. The van der Waals surface area contributed by atoms with Crippen molar-refractivity contribution >= 4 is 16.7 Å². The first-order chi connectivity index (χ1) is 13.1. The Morgan fingerprint density at radius 1 is 1.11 bits per heavy atom. The SMILES string of the molecule is COc1ccc2c(=O)n(CC(=O)N3CC[C@H]4CC[C@@H](C3)N4)ccc2c1OC. The third-order valence-corrected chi connectivity index (χ3v) is 5.68. The average Bonchev–Trinajstić information content (AvgIpc) is 3.01. The van der Waals surface area contributed by atoms with E-state index in [1.807, 2.05) is 4.90 Å². The molecular formula is C20H25N3O4. The Balaban J connectivity index is 1.59. The van der Waals surface area contributed by atoms with E-state index in [1.165, 1.54) is 11.0 Å². The van der Waals surface area contributed by atoms with Crippen molar-refractivity contribution < 1.29 is 14.3 Å². The van der Waals surface area contributed by atoms with Crippen LogP contribution in [0.1, 0.15) is 19.3 Å². The summed E-state index contributed by atoms with van der Waals surface area (Å²) in [5.74, 6) is 1.09. The Morgan fingerprint density at radius 2 is 1.93 bits per heavy atom. The van der Waals surface area contributed by atoms with E-state index in [0.29, 0.717) is 34.4 Å². The summed E-state index contributed by atoms with van der Waals surface area (Å²) in [5, 5.41) is 4.77. The van der Waals surface area contributed by atoms with Crippen LogP contribution in [0.5, 0.6) is 11.5 Å². The number of nitrogens with one attached hydrogen (secondary N) is 1. The van der Waals surface area contributed by atoms with E-state index in [0.717, 1.165) is 25.9 Å². The van der Waals surface area contributed by atoms with Gasteiger partial charge in [0.1, 0.15) is 6.54 Å². The standard InChI is InChI=1S/C20H25N3O4/c1-26-17-6-5-16-15(19(17)27-2)8-10-23(20(16)25)12-18(24)22-9-7-13-3-4-14(11-22)21-13/h5-6,8,10,13-14,21H,3-4,7,9,11-12H2,1-2H3/t13-,14+/m1/s1. The Morgan fingerprint density at radius 3 is 2.70 bits per heavy atom. The fourth-order valence-electron chi connectivity index (χ4n) is 4.23. The fourth-order valence-corrected chi connectivity index (χ4v) is 4.23. The molecule has 0 saturated carbocycles. The minimum atomic E-state index is -0.198. The zero-order valence-corrected chi connectivity index (χ0v) is 15.7. The van der Waals surface area contributed by atoms with Crippen molar-refractivity contribution in [3.05, 3.63) is 34.7 Å². The molecule has 2 aliphatic rings. The maximum Gasteiger partial charge on any atom is 0.259 e. The number of ether oxygens (including phenoxy) is 2. The molecule has 0 spiro atoms. The van der Waals surface area contributed by atoms with Gasteiger partial charge in [-0.3, -0.25) is 9.59 Å². The van der Waals surface area contributed by atoms with Gasteiger partial charge in [-0.05, 0) is 37.5 Å². The first-order valence-corrected chi connectivity index (χ1v) is 9.38. The van der Waals surface area contributed by atoms with Gasteiger partial charge in [-0.25, -0.2) is 0 Å². The summed E-state index contributed by atoms with van der Waals surface area (Å²) in [7, 11) is 3.11. The van der Waals surface area contributed by atoms with E-state index < -0.39 is 0 Å². The normalized spacial score (nSPS) is 21.9. The van der Waals surface area contributed by atoms with Crippen LogP contribution in [0.2, 0.25) is 0 Å². The number of benzene rings is 1. The van der Waals surface area contributed by atoms with Gasteiger partial charge in [0.15, 0.2) is 11.5 Å². The predicted octanol–water partition coefficient (Wildman–Crippen LogP) is 1.37. The molecule has 3 heterocycles. The number of hydrogen-bond donors (Lipinski definition) is 1. The van der Waals surface area contributed by atoms with Crippen molar-refractivity contribution in [1.29, 1.82) is 0 Å². The molecule has 2 aliphatic heterocycles. The van der Waals surface area contributed by atoms with Crippen LogP contribution in [0.25, 0.3) is 10.8 Å². The van der Waals surface area contributed by atoms with Crippen LogP contribution in [0.3, 0.4) is 0 Å². The number of pyridine rings is 1. The number of methoxy groups -OCH3 is 2. The number of likely N-dealkylation sites (tertiary alicyclic amines) is 1. The molecule has 0 unspecified atom stereocenters. The molecule has 144 valence electrons. The van der Waals surface area contributed by atoms with Crippen LogP contribution in [-0.2, 0) is 11.3 Å². The number of carbonyl (C=O) groups is 1. The Hall–Kier alpha value is -2.54. The summed E-state index contributed by atoms with van der Waals surface area (Å²) >= 11 is 0. The van der Waals surface area contributed by atoms with Crippen molar-refractivity contribution in [2.75, 3.05) is 27.3 Å². The van der Waals surface area contributed by atoms with E-state index in [4.69, 9.17) is 9.47 Å². The topological polar surface area (TPSA) is 72.8 Å². The number of amides is 1. The molecule has 0 radical (unpaired) electrons. The third kappa shape index (κ3) is 3.27. The number of aromatic nitrogens is 1. The molecule has 7 nitrogen and oxygen atoms in total. The molecule has 2 saturated heterocycles. The molecule has 1 aromatic heterocycles. The number of rotatable bonds is 4. The second-order valence-electron chi connectivity index (χ2n) is 7.28. The molecule has 7 heteroatoms. The van der Waals surface area contributed by atoms with Crippen molar-refractivity contribution in [1.82, 2.24) is 14.8 Å². The molecule has 0 aliphatic carbocycles. The summed E-state index contributed by atoms with van der Waals surface area (Å²) in [6.07, 6.45) is 4.95. The molecule has 4 rings (SSSR count). The zero-order valence-electron chi connectivity index (χ0n) is 15.7. The highest BCUT2D eigenvalue weighted by Gasteiger charge is 2.31. The molecule has 2 atom stereocenters. The quantitative estimate of drug-likeness (QED) is 0.879. The Kier molecular flexibility index (Phi) is 4.78. The van der Waals surface area contributed by atoms with Gasteiger partial charge >= 0.3 is 0 Å². The summed E-state index contributed by atoms with van der Waals surface area (Å²) in [5.41, 5.74) is -0.198. The molecular weight excluding hydrogens is 346 g/mol. The Bertz CT molecular complexity index is 923. The molecule has 2 bridgehead atoms. The maximum atomic E-state index is 12.9. The van der Waals surface area contributed by atoms with Gasteiger partial charge in [-0.2, -0.15) is 0 Å². The number of fused-ring (bicyclic) bond motifs is 3. The Labute approximate surface area is 157 Å². The van der Waals surface area contributed by atoms with Crippen LogP contribution in [0.4, 0.5) is 0 Å². The fraction of sp³-hybridized carbons (Fsp3) is 0.500. The number of hydrogen-bond acceptors (Lipinski definition) is 5. The van der Waals surface area contributed by atoms with E-state index >= 15 is 0 Å². The predicted molar refractivity (Wildman–Crippen MR) is 102 cm³/mol. The van der Waals surface area contributed by atoms with Gasteiger partial charge in [0, 0.05) is 36.8 Å². The first kappa shape index (κ1) is 17.9. The molecule has 2 aromatic rings. The summed E-state index contributed by atoms with van der Waals surface area (Å²) in [6, 6.07) is 6.14. The van der Waals surface area contributed by atoms with E-state index in [1.54, 1.807) is 38.6 Å². The average molecular weight is 371 g/mol. The number of nitrogens with zero attached hydrogens (tertiary/aromatic N) is 2. The highest BCUT2D eigenvalue weighted by atomic mass is 16.5. The van der Waals surface area contributed by atoms with Gasteiger partial charge < -0.3 is 24.3 Å². The van der Waals surface area contributed by atoms with E-state index in [2.05, 4.69) is 5.32 Å². The molecule has 27 heavy (non-hydrogen) atoms. The maximum absolute atomic E-state index is 12.9. The smallest absolute Gasteiger partial charge is 0.259 e. The van der Waals surface area contributed by atoms with Crippen molar-refractivity contribution in [2.24, 2.45) is 0 Å². The monoisotopic (exact) mass is 371 g/mol. The van der Waals surface area contributed by atoms with Crippen molar-refractivity contribution in [3.63, 3.8) is 0 Å². The largest absolute Gasteiger partial charge is 0.493 e. The molecule has 1 aromatic carbocycles.